The molecule has 0 saturated heterocycles. The molecule has 2 N–H and O–H groups in total. The molecular weight excluding hydrogens is 206 g/mol. The molecule has 1 aromatic heterocycles. The van der Waals surface area contributed by atoms with Crippen molar-refractivity contribution < 1.29 is 9.53 Å². The van der Waals surface area contributed by atoms with E-state index in [0.29, 0.717) is 12.4 Å². The lowest BCUT2D eigenvalue weighted by Gasteiger charge is -2.17. The van der Waals surface area contributed by atoms with Crippen molar-refractivity contribution in [2.75, 3.05) is 12.3 Å². The van der Waals surface area contributed by atoms with Gasteiger partial charge in [0.25, 0.3) is 0 Å². The highest BCUT2D eigenvalue weighted by atomic mass is 16.5. The Balaban J connectivity index is 2.26. The lowest BCUT2D eigenvalue weighted by Crippen LogP contribution is -2.17. The highest BCUT2D eigenvalue weighted by molar-refractivity contribution is 5.69. The first kappa shape index (κ1) is 12.5. The molecule has 5 nitrogen and oxygen atoms in total. The number of hydrogen-bond donors (Lipinski definition) is 1. The van der Waals surface area contributed by atoms with Crippen LogP contribution in [0.5, 0.6) is 0 Å². The Morgan fingerprint density at radius 1 is 1.56 bits per heavy atom. The molecule has 0 aliphatic rings. The summed E-state index contributed by atoms with van der Waals surface area (Å²) in [6, 6.07) is 1.64. The van der Waals surface area contributed by atoms with Gasteiger partial charge in [-0.05, 0) is 17.9 Å². The van der Waals surface area contributed by atoms with Crippen LogP contribution in [0, 0.1) is 5.41 Å². The molecule has 16 heavy (non-hydrogen) atoms. The molecule has 0 aliphatic carbocycles. The van der Waals surface area contributed by atoms with Crippen LogP contribution in [-0.4, -0.2) is 22.4 Å². The van der Waals surface area contributed by atoms with Crippen LogP contribution in [-0.2, 0) is 16.1 Å². The Morgan fingerprint density at radius 3 is 2.75 bits per heavy atom. The van der Waals surface area contributed by atoms with Gasteiger partial charge in [-0.2, -0.15) is 5.10 Å². The van der Waals surface area contributed by atoms with E-state index < -0.39 is 0 Å². The molecule has 0 saturated carbocycles. The number of ether oxygens (including phenoxy) is 1. The topological polar surface area (TPSA) is 70.1 Å². The highest BCUT2D eigenvalue weighted by Crippen LogP contribution is 2.17. The van der Waals surface area contributed by atoms with Crippen molar-refractivity contribution in [2.24, 2.45) is 5.41 Å². The maximum absolute atomic E-state index is 11.4. The fourth-order valence-electron chi connectivity index (χ4n) is 1.11. The average molecular weight is 225 g/mol. The second kappa shape index (κ2) is 5.01. The summed E-state index contributed by atoms with van der Waals surface area (Å²) in [6.45, 7) is 6.87. The molecule has 0 bridgehead atoms. The maximum atomic E-state index is 11.4. The minimum atomic E-state index is -0.285. The van der Waals surface area contributed by atoms with Crippen molar-refractivity contribution in [2.45, 2.75) is 33.7 Å². The van der Waals surface area contributed by atoms with E-state index in [1.165, 1.54) is 4.68 Å². The molecule has 0 spiro atoms. The summed E-state index contributed by atoms with van der Waals surface area (Å²) in [5.74, 6) is 0.120. The van der Waals surface area contributed by atoms with E-state index in [9.17, 15) is 4.79 Å². The van der Waals surface area contributed by atoms with Crippen LogP contribution in [0.25, 0.3) is 0 Å². The maximum Gasteiger partial charge on any atom is 0.327 e. The van der Waals surface area contributed by atoms with Crippen molar-refractivity contribution in [3.63, 3.8) is 0 Å². The fourth-order valence-corrected chi connectivity index (χ4v) is 1.11. The number of nitrogens with two attached hydrogens (primary N) is 1. The predicted molar refractivity (Wildman–Crippen MR) is 61.7 cm³/mol. The van der Waals surface area contributed by atoms with Crippen LogP contribution in [0.15, 0.2) is 12.3 Å². The molecule has 1 rings (SSSR count). The standard InChI is InChI=1S/C11H19N3O2/c1-11(2,3)5-7-16-10(15)8-14-6-4-9(12)13-14/h4,6H,5,7-8H2,1-3H3,(H2,12,13). The van der Waals surface area contributed by atoms with Crippen molar-refractivity contribution in [3.05, 3.63) is 12.3 Å². The van der Waals surface area contributed by atoms with E-state index in [2.05, 4.69) is 25.9 Å². The summed E-state index contributed by atoms with van der Waals surface area (Å²) in [5.41, 5.74) is 5.60. The summed E-state index contributed by atoms with van der Waals surface area (Å²) < 4.78 is 6.56. The number of nitrogen functional groups attached to an aromatic ring is 1. The van der Waals surface area contributed by atoms with Gasteiger partial charge in [-0.25, -0.2) is 0 Å². The molecule has 0 unspecified atom stereocenters. The zero-order valence-corrected chi connectivity index (χ0v) is 10.1. The average Bonchev–Trinajstić information content (AvgIpc) is 2.48. The van der Waals surface area contributed by atoms with E-state index in [1.54, 1.807) is 12.3 Å². The van der Waals surface area contributed by atoms with Gasteiger partial charge < -0.3 is 10.5 Å². The molecule has 5 heteroatoms. The van der Waals surface area contributed by atoms with E-state index in [4.69, 9.17) is 10.5 Å². The summed E-state index contributed by atoms with van der Waals surface area (Å²) in [6.07, 6.45) is 2.50. The molecular formula is C11H19N3O2. The minimum Gasteiger partial charge on any atom is -0.464 e. The third kappa shape index (κ3) is 4.82. The lowest BCUT2D eigenvalue weighted by molar-refractivity contribution is -0.145. The number of carbonyl (C=O) groups is 1. The largest absolute Gasteiger partial charge is 0.464 e. The van der Waals surface area contributed by atoms with Gasteiger partial charge in [-0.1, -0.05) is 20.8 Å². The molecule has 0 radical (unpaired) electrons. The highest BCUT2D eigenvalue weighted by Gasteiger charge is 2.12. The zero-order valence-electron chi connectivity index (χ0n) is 10.1. The van der Waals surface area contributed by atoms with Gasteiger partial charge in [0.1, 0.15) is 12.4 Å². The van der Waals surface area contributed by atoms with Crippen LogP contribution in [0.1, 0.15) is 27.2 Å². The molecule has 0 aliphatic heterocycles. The van der Waals surface area contributed by atoms with Gasteiger partial charge >= 0.3 is 5.97 Å². The molecule has 0 amide bonds. The normalized spacial score (nSPS) is 11.4. The van der Waals surface area contributed by atoms with Crippen LogP contribution in [0.3, 0.4) is 0 Å². The Bertz CT molecular complexity index is 352. The Labute approximate surface area is 95.6 Å². The number of hydrogen-bond acceptors (Lipinski definition) is 4. The van der Waals surface area contributed by atoms with E-state index in [-0.39, 0.29) is 17.9 Å². The smallest absolute Gasteiger partial charge is 0.327 e. The Hall–Kier alpha value is -1.52. The molecule has 1 heterocycles. The van der Waals surface area contributed by atoms with Crippen molar-refractivity contribution in [3.8, 4) is 0 Å². The van der Waals surface area contributed by atoms with Crippen molar-refractivity contribution in [1.29, 1.82) is 0 Å². The molecule has 0 atom stereocenters. The number of nitrogens with zero attached hydrogens (tertiary/aromatic N) is 2. The molecule has 0 fully saturated rings. The van der Waals surface area contributed by atoms with Gasteiger partial charge in [0.05, 0.1) is 6.61 Å². The summed E-state index contributed by atoms with van der Waals surface area (Å²) >= 11 is 0. The van der Waals surface area contributed by atoms with Crippen molar-refractivity contribution in [1.82, 2.24) is 9.78 Å². The fraction of sp³-hybridized carbons (Fsp3) is 0.636. The number of aromatic nitrogens is 2. The first-order valence-corrected chi connectivity index (χ1v) is 5.31. The molecule has 1 aromatic rings. The van der Waals surface area contributed by atoms with E-state index in [0.717, 1.165) is 6.42 Å². The second-order valence-electron chi connectivity index (χ2n) is 4.97. The lowest BCUT2D eigenvalue weighted by atomic mass is 9.93. The van der Waals surface area contributed by atoms with Gasteiger partial charge in [0.2, 0.25) is 0 Å². The summed E-state index contributed by atoms with van der Waals surface area (Å²) in [7, 11) is 0. The van der Waals surface area contributed by atoms with Crippen LogP contribution >= 0.6 is 0 Å². The van der Waals surface area contributed by atoms with Crippen LogP contribution in [0.4, 0.5) is 5.82 Å². The molecule has 90 valence electrons. The third-order valence-electron chi connectivity index (χ3n) is 2.07. The molecule has 0 aromatic carbocycles. The van der Waals surface area contributed by atoms with Crippen LogP contribution < -0.4 is 5.73 Å². The van der Waals surface area contributed by atoms with Crippen molar-refractivity contribution >= 4 is 11.8 Å². The van der Waals surface area contributed by atoms with Gasteiger partial charge in [0, 0.05) is 6.20 Å². The number of esters is 1. The van der Waals surface area contributed by atoms with Gasteiger partial charge in [0.15, 0.2) is 0 Å². The quantitative estimate of drug-likeness (QED) is 0.787. The van der Waals surface area contributed by atoms with Gasteiger partial charge in [-0.3, -0.25) is 9.48 Å². The van der Waals surface area contributed by atoms with E-state index in [1.807, 2.05) is 0 Å². The van der Waals surface area contributed by atoms with Crippen LogP contribution in [0.2, 0.25) is 0 Å². The SMILES string of the molecule is CC(C)(C)CCOC(=O)Cn1ccc(N)n1. The van der Waals surface area contributed by atoms with Gasteiger partial charge in [-0.15, -0.1) is 0 Å². The summed E-state index contributed by atoms with van der Waals surface area (Å²) in [4.78, 5) is 11.4. The minimum absolute atomic E-state index is 0.112. The number of anilines is 1. The number of carbonyl (C=O) groups excluding carboxylic acids is 1. The Morgan fingerprint density at radius 2 is 2.25 bits per heavy atom. The second-order valence-corrected chi connectivity index (χ2v) is 4.97. The first-order chi connectivity index (χ1) is 7.37. The zero-order chi connectivity index (χ0) is 12.2. The predicted octanol–water partition coefficient (Wildman–Crippen LogP) is 1.44. The monoisotopic (exact) mass is 225 g/mol. The van der Waals surface area contributed by atoms with E-state index >= 15 is 0 Å². The number of rotatable bonds is 4. The Kier molecular flexibility index (Phi) is 3.93. The first-order valence-electron chi connectivity index (χ1n) is 5.31. The summed E-state index contributed by atoms with van der Waals surface area (Å²) in [5, 5.41) is 3.90. The third-order valence-corrected chi connectivity index (χ3v) is 2.07.